The molecule has 102 valence electrons. The van der Waals surface area contributed by atoms with E-state index in [-0.39, 0.29) is 0 Å². The van der Waals surface area contributed by atoms with Crippen LogP contribution in [0.3, 0.4) is 0 Å². The summed E-state index contributed by atoms with van der Waals surface area (Å²) in [7, 11) is 1.76. The number of methoxy groups -OCH3 is 1. The lowest BCUT2D eigenvalue weighted by Gasteiger charge is -2.07. The van der Waals surface area contributed by atoms with Gasteiger partial charge >= 0.3 is 0 Å². The highest BCUT2D eigenvalue weighted by Crippen LogP contribution is 2.16. The molecule has 0 aliphatic rings. The number of unbranched alkanes of at least 4 members (excludes halogenated alkanes) is 2. The van der Waals surface area contributed by atoms with E-state index in [1.165, 1.54) is 29.2 Å². The van der Waals surface area contributed by atoms with Crippen LogP contribution < -0.4 is 5.32 Å². The summed E-state index contributed by atoms with van der Waals surface area (Å²) < 4.78 is 5.04. The summed E-state index contributed by atoms with van der Waals surface area (Å²) in [5, 5.41) is 6.00. The van der Waals surface area contributed by atoms with Crippen molar-refractivity contribution in [2.24, 2.45) is 0 Å². The summed E-state index contributed by atoms with van der Waals surface area (Å²) in [6, 6.07) is 8.40. The van der Waals surface area contributed by atoms with Crippen molar-refractivity contribution in [1.29, 1.82) is 0 Å². The second-order valence-electron chi connectivity index (χ2n) is 4.75. The van der Waals surface area contributed by atoms with Gasteiger partial charge in [0.15, 0.2) is 0 Å². The topological polar surface area (TPSA) is 34.1 Å². The van der Waals surface area contributed by atoms with Crippen LogP contribution >= 0.6 is 0 Å². The number of pyridine rings is 1. The molecule has 1 aromatic carbocycles. The maximum absolute atomic E-state index is 5.04. The number of hydrogen-bond donors (Lipinski definition) is 1. The van der Waals surface area contributed by atoms with Gasteiger partial charge in [0.1, 0.15) is 0 Å². The molecule has 2 aromatic rings. The van der Waals surface area contributed by atoms with Crippen molar-refractivity contribution < 1.29 is 4.74 Å². The Morgan fingerprint density at radius 1 is 1.11 bits per heavy atom. The Morgan fingerprint density at radius 3 is 2.89 bits per heavy atom. The molecule has 0 radical (unpaired) electrons. The van der Waals surface area contributed by atoms with Crippen molar-refractivity contribution in [2.45, 2.75) is 25.8 Å². The summed E-state index contributed by atoms with van der Waals surface area (Å²) >= 11 is 0. The standard InChI is InChI=1S/C16H22N2O/c1-19-10-6-2-5-9-17-12-15-13-18-11-14-7-3-4-8-16(14)15/h3-4,7-8,11,13,17H,2,5-6,9-10,12H2,1H3. The third kappa shape index (κ3) is 4.30. The average molecular weight is 258 g/mol. The van der Waals surface area contributed by atoms with E-state index in [0.717, 1.165) is 26.1 Å². The van der Waals surface area contributed by atoms with Crippen molar-refractivity contribution in [3.63, 3.8) is 0 Å². The molecule has 3 nitrogen and oxygen atoms in total. The third-order valence-corrected chi connectivity index (χ3v) is 3.27. The number of ether oxygens (including phenoxy) is 1. The Hall–Kier alpha value is -1.45. The van der Waals surface area contributed by atoms with Crippen molar-refractivity contribution in [2.75, 3.05) is 20.3 Å². The molecular weight excluding hydrogens is 236 g/mol. The first kappa shape index (κ1) is 14.0. The SMILES string of the molecule is COCCCCCNCc1cncc2ccccc12. The number of rotatable bonds is 8. The maximum Gasteiger partial charge on any atom is 0.0462 e. The molecule has 0 saturated carbocycles. The first-order valence-electron chi connectivity index (χ1n) is 6.93. The quantitative estimate of drug-likeness (QED) is 0.739. The fourth-order valence-electron chi connectivity index (χ4n) is 2.22. The van der Waals surface area contributed by atoms with Gasteiger partial charge in [0.25, 0.3) is 0 Å². The lowest BCUT2D eigenvalue weighted by molar-refractivity contribution is 0.192. The second-order valence-corrected chi connectivity index (χ2v) is 4.75. The number of nitrogens with one attached hydrogen (secondary N) is 1. The van der Waals surface area contributed by atoms with Gasteiger partial charge in [0.2, 0.25) is 0 Å². The molecule has 2 rings (SSSR count). The Balaban J connectivity index is 1.78. The summed E-state index contributed by atoms with van der Waals surface area (Å²) in [5.74, 6) is 0. The van der Waals surface area contributed by atoms with E-state index in [2.05, 4.69) is 34.6 Å². The number of fused-ring (bicyclic) bond motifs is 1. The number of hydrogen-bond acceptors (Lipinski definition) is 3. The van der Waals surface area contributed by atoms with E-state index >= 15 is 0 Å². The van der Waals surface area contributed by atoms with Crippen LogP contribution in [0.15, 0.2) is 36.7 Å². The van der Waals surface area contributed by atoms with Gasteiger partial charge in [-0.2, -0.15) is 0 Å². The highest BCUT2D eigenvalue weighted by Gasteiger charge is 2.00. The number of aromatic nitrogens is 1. The van der Waals surface area contributed by atoms with Crippen molar-refractivity contribution in [1.82, 2.24) is 10.3 Å². The average Bonchev–Trinajstić information content (AvgIpc) is 2.46. The zero-order valence-electron chi connectivity index (χ0n) is 11.6. The maximum atomic E-state index is 5.04. The monoisotopic (exact) mass is 258 g/mol. The van der Waals surface area contributed by atoms with Crippen LogP contribution in [0, 0.1) is 0 Å². The van der Waals surface area contributed by atoms with Crippen LogP contribution in [0.4, 0.5) is 0 Å². The lowest BCUT2D eigenvalue weighted by Crippen LogP contribution is -2.15. The van der Waals surface area contributed by atoms with Crippen LogP contribution in [0.5, 0.6) is 0 Å². The molecule has 0 fully saturated rings. The van der Waals surface area contributed by atoms with Gasteiger partial charge in [-0.15, -0.1) is 0 Å². The van der Waals surface area contributed by atoms with Crippen LogP contribution in [0.2, 0.25) is 0 Å². The van der Waals surface area contributed by atoms with Gasteiger partial charge in [-0.3, -0.25) is 4.98 Å². The van der Waals surface area contributed by atoms with Gasteiger partial charge in [0.05, 0.1) is 0 Å². The predicted molar refractivity (Wildman–Crippen MR) is 79.2 cm³/mol. The fraction of sp³-hybridized carbons (Fsp3) is 0.438. The molecule has 0 amide bonds. The predicted octanol–water partition coefficient (Wildman–Crippen LogP) is 3.14. The molecule has 0 saturated heterocycles. The second kappa shape index (κ2) is 7.87. The Labute approximate surface area is 115 Å². The normalized spacial score (nSPS) is 11.0. The zero-order chi connectivity index (χ0) is 13.3. The minimum absolute atomic E-state index is 0.868. The summed E-state index contributed by atoms with van der Waals surface area (Å²) in [5.41, 5.74) is 1.27. The third-order valence-electron chi connectivity index (χ3n) is 3.27. The zero-order valence-corrected chi connectivity index (χ0v) is 11.6. The van der Waals surface area contributed by atoms with Crippen molar-refractivity contribution >= 4 is 10.8 Å². The molecule has 19 heavy (non-hydrogen) atoms. The molecule has 0 bridgehead atoms. The van der Waals surface area contributed by atoms with Crippen molar-refractivity contribution in [3.05, 3.63) is 42.2 Å². The number of benzene rings is 1. The first-order chi connectivity index (χ1) is 9.42. The van der Waals surface area contributed by atoms with Crippen LogP contribution in [-0.4, -0.2) is 25.2 Å². The Kier molecular flexibility index (Phi) is 5.79. The molecule has 0 spiro atoms. The molecule has 0 aliphatic carbocycles. The highest BCUT2D eigenvalue weighted by molar-refractivity contribution is 5.84. The molecule has 1 aromatic heterocycles. The first-order valence-corrected chi connectivity index (χ1v) is 6.93. The van der Waals surface area contributed by atoms with Gasteiger partial charge in [-0.25, -0.2) is 0 Å². The Bertz CT molecular complexity index is 494. The Morgan fingerprint density at radius 2 is 2.00 bits per heavy atom. The molecule has 3 heteroatoms. The lowest BCUT2D eigenvalue weighted by atomic mass is 10.1. The van der Waals surface area contributed by atoms with Crippen LogP contribution in [0.25, 0.3) is 10.8 Å². The van der Waals surface area contributed by atoms with E-state index in [0.29, 0.717) is 0 Å². The molecule has 0 unspecified atom stereocenters. The van der Waals surface area contributed by atoms with E-state index in [9.17, 15) is 0 Å². The highest BCUT2D eigenvalue weighted by atomic mass is 16.5. The van der Waals surface area contributed by atoms with Crippen LogP contribution in [-0.2, 0) is 11.3 Å². The van der Waals surface area contributed by atoms with Crippen molar-refractivity contribution in [3.8, 4) is 0 Å². The van der Waals surface area contributed by atoms with E-state index in [4.69, 9.17) is 4.74 Å². The minimum atomic E-state index is 0.868. The van der Waals surface area contributed by atoms with E-state index in [1.807, 2.05) is 12.4 Å². The number of nitrogens with zero attached hydrogens (tertiary/aromatic N) is 1. The van der Waals surface area contributed by atoms with E-state index in [1.54, 1.807) is 7.11 Å². The largest absolute Gasteiger partial charge is 0.385 e. The van der Waals surface area contributed by atoms with Crippen LogP contribution in [0.1, 0.15) is 24.8 Å². The van der Waals surface area contributed by atoms with Gasteiger partial charge in [0, 0.05) is 38.0 Å². The van der Waals surface area contributed by atoms with E-state index < -0.39 is 0 Å². The molecule has 0 aliphatic heterocycles. The smallest absolute Gasteiger partial charge is 0.0462 e. The molecule has 1 heterocycles. The molecule has 1 N–H and O–H groups in total. The molecular formula is C16H22N2O. The van der Waals surface area contributed by atoms with Gasteiger partial charge in [-0.1, -0.05) is 24.3 Å². The molecule has 0 atom stereocenters. The fourth-order valence-corrected chi connectivity index (χ4v) is 2.22. The minimum Gasteiger partial charge on any atom is -0.385 e. The summed E-state index contributed by atoms with van der Waals surface area (Å²) in [6.07, 6.45) is 7.44. The van der Waals surface area contributed by atoms with Gasteiger partial charge < -0.3 is 10.1 Å². The summed E-state index contributed by atoms with van der Waals surface area (Å²) in [6.45, 7) is 2.80. The summed E-state index contributed by atoms with van der Waals surface area (Å²) in [4.78, 5) is 4.30. The van der Waals surface area contributed by atoms with Gasteiger partial charge in [-0.05, 0) is 36.8 Å².